The largest absolute Gasteiger partial charge is 0.460 e. The lowest BCUT2D eigenvalue weighted by molar-refractivity contribution is -0.158. The van der Waals surface area contributed by atoms with E-state index in [0.29, 0.717) is 30.1 Å². The third-order valence-electron chi connectivity index (χ3n) is 8.36. The van der Waals surface area contributed by atoms with Crippen molar-refractivity contribution in [2.75, 3.05) is 6.61 Å². The molecule has 0 bridgehead atoms. The molecule has 0 N–H and O–H groups in total. The number of hydrogen-bond acceptors (Lipinski definition) is 7. The Labute approximate surface area is 243 Å². The molecule has 3 aliphatic rings. The quantitative estimate of drug-likeness (QED) is 0.285. The lowest BCUT2D eigenvalue weighted by atomic mass is 9.69. The smallest absolute Gasteiger partial charge is 0.416 e. The molecular formula is C33H44N2O6. The van der Waals surface area contributed by atoms with Crippen LogP contribution >= 0.6 is 0 Å². The summed E-state index contributed by atoms with van der Waals surface area (Å²) in [5.74, 6) is 1.38. The van der Waals surface area contributed by atoms with Crippen molar-refractivity contribution in [3.8, 4) is 0 Å². The van der Waals surface area contributed by atoms with Crippen molar-refractivity contribution in [3.05, 3.63) is 52.9 Å². The van der Waals surface area contributed by atoms with Gasteiger partial charge in [0.25, 0.3) is 0 Å². The summed E-state index contributed by atoms with van der Waals surface area (Å²) in [7, 11) is 0. The molecule has 5 rings (SSSR count). The maximum Gasteiger partial charge on any atom is 0.416 e. The van der Waals surface area contributed by atoms with Crippen molar-refractivity contribution in [2.45, 2.75) is 109 Å². The van der Waals surface area contributed by atoms with E-state index in [1.165, 1.54) is 11.3 Å². The van der Waals surface area contributed by atoms with E-state index in [4.69, 9.17) is 14.0 Å². The van der Waals surface area contributed by atoms with Crippen LogP contribution in [-0.4, -0.2) is 46.3 Å². The maximum atomic E-state index is 14.1. The summed E-state index contributed by atoms with van der Waals surface area (Å²) in [4.78, 5) is 41.1. The molecule has 0 radical (unpaired) electrons. The Morgan fingerprint density at radius 3 is 2.44 bits per heavy atom. The maximum absolute atomic E-state index is 14.1. The van der Waals surface area contributed by atoms with Gasteiger partial charge in [0.2, 0.25) is 5.91 Å². The lowest BCUT2D eigenvalue weighted by Gasteiger charge is -2.35. The summed E-state index contributed by atoms with van der Waals surface area (Å²) in [6.45, 7) is 10.1. The van der Waals surface area contributed by atoms with Crippen LogP contribution in [0, 0.1) is 17.8 Å². The molecule has 41 heavy (non-hydrogen) atoms. The van der Waals surface area contributed by atoms with E-state index in [0.717, 1.165) is 48.3 Å². The zero-order valence-corrected chi connectivity index (χ0v) is 25.1. The third-order valence-corrected chi connectivity index (χ3v) is 8.36. The van der Waals surface area contributed by atoms with Crippen LogP contribution in [-0.2, 0) is 31.9 Å². The van der Waals surface area contributed by atoms with Gasteiger partial charge in [0.15, 0.2) is 0 Å². The molecule has 8 nitrogen and oxygen atoms in total. The average Bonchev–Trinajstić information content (AvgIpc) is 3.53. The highest BCUT2D eigenvalue weighted by molar-refractivity contribution is 5.96. The van der Waals surface area contributed by atoms with Crippen molar-refractivity contribution in [3.63, 3.8) is 0 Å². The van der Waals surface area contributed by atoms with Crippen molar-refractivity contribution < 1.29 is 28.4 Å². The van der Waals surface area contributed by atoms with Gasteiger partial charge in [-0.25, -0.2) is 9.69 Å². The molecule has 0 unspecified atom stereocenters. The number of rotatable bonds is 11. The fourth-order valence-corrected chi connectivity index (χ4v) is 6.43. The number of esters is 1. The first kappa shape index (κ1) is 29.3. The van der Waals surface area contributed by atoms with Gasteiger partial charge in [-0.3, -0.25) is 9.59 Å². The number of amides is 2. The second-order valence-electron chi connectivity index (χ2n) is 13.7. The monoisotopic (exact) mass is 564 g/mol. The summed E-state index contributed by atoms with van der Waals surface area (Å²) < 4.78 is 16.9. The number of ether oxygens (including phenoxy) is 2. The summed E-state index contributed by atoms with van der Waals surface area (Å²) in [6.07, 6.45) is 5.47. The van der Waals surface area contributed by atoms with Gasteiger partial charge in [-0.1, -0.05) is 49.3 Å². The highest BCUT2D eigenvalue weighted by Gasteiger charge is 2.44. The van der Waals surface area contributed by atoms with Gasteiger partial charge in [0.05, 0.1) is 24.1 Å². The van der Waals surface area contributed by atoms with Gasteiger partial charge in [-0.15, -0.1) is 0 Å². The Hall–Kier alpha value is -3.16. The topological polar surface area (TPSA) is 98.9 Å². The van der Waals surface area contributed by atoms with Gasteiger partial charge >= 0.3 is 12.1 Å². The molecule has 0 spiro atoms. The van der Waals surface area contributed by atoms with Crippen LogP contribution < -0.4 is 0 Å². The number of imide groups is 1. The van der Waals surface area contributed by atoms with E-state index in [2.05, 4.69) is 19.0 Å². The van der Waals surface area contributed by atoms with Crippen LogP contribution in [0.15, 0.2) is 34.9 Å². The second kappa shape index (κ2) is 12.0. The van der Waals surface area contributed by atoms with E-state index in [1.54, 1.807) is 20.8 Å². The Bertz CT molecular complexity index is 1240. The minimum Gasteiger partial charge on any atom is -0.460 e. The number of carbonyl (C=O) groups excluding carboxylic acids is 3. The molecular weight excluding hydrogens is 520 g/mol. The van der Waals surface area contributed by atoms with Crippen molar-refractivity contribution in [1.82, 2.24) is 10.1 Å². The minimum atomic E-state index is -0.820. The SMILES string of the molecule is CC(C)CC1CC(c2onc(C[C@H](CC(=O)OC(C)(C)C)C(=O)N3C(=O)OC[C@@H]3Cc3ccccc3)c2C2CC2)C1. The molecule has 1 aliphatic heterocycles. The first-order valence-corrected chi connectivity index (χ1v) is 15.2. The highest BCUT2D eigenvalue weighted by atomic mass is 16.6. The first-order chi connectivity index (χ1) is 19.5. The lowest BCUT2D eigenvalue weighted by Crippen LogP contribution is -2.45. The average molecular weight is 565 g/mol. The summed E-state index contributed by atoms with van der Waals surface area (Å²) in [5.41, 5.74) is 2.18. The van der Waals surface area contributed by atoms with Crippen LogP contribution in [0.25, 0.3) is 0 Å². The van der Waals surface area contributed by atoms with E-state index in [1.807, 2.05) is 30.3 Å². The minimum absolute atomic E-state index is 0.124. The predicted molar refractivity (Wildman–Crippen MR) is 153 cm³/mol. The fraction of sp³-hybridized carbons (Fsp3) is 0.636. The van der Waals surface area contributed by atoms with Crippen molar-refractivity contribution in [2.24, 2.45) is 17.8 Å². The van der Waals surface area contributed by atoms with E-state index < -0.39 is 35.5 Å². The molecule has 222 valence electrons. The van der Waals surface area contributed by atoms with Gasteiger partial charge in [0.1, 0.15) is 18.0 Å². The molecule has 2 aromatic rings. The number of aromatic nitrogens is 1. The Balaban J connectivity index is 1.38. The molecule has 2 aliphatic carbocycles. The third kappa shape index (κ3) is 7.19. The van der Waals surface area contributed by atoms with Crippen LogP contribution in [0.2, 0.25) is 0 Å². The molecule has 2 amide bonds. The summed E-state index contributed by atoms with van der Waals surface area (Å²) in [5, 5.41) is 4.49. The van der Waals surface area contributed by atoms with Gasteiger partial charge < -0.3 is 14.0 Å². The number of hydrogen-bond donors (Lipinski definition) is 0. The van der Waals surface area contributed by atoms with Crippen LogP contribution in [0.5, 0.6) is 0 Å². The molecule has 1 saturated heterocycles. The van der Waals surface area contributed by atoms with Gasteiger partial charge in [-0.2, -0.15) is 0 Å². The van der Waals surface area contributed by atoms with Crippen molar-refractivity contribution >= 4 is 18.0 Å². The number of nitrogens with zero attached hydrogens (tertiary/aromatic N) is 2. The molecule has 2 heterocycles. The zero-order chi connectivity index (χ0) is 29.3. The van der Waals surface area contributed by atoms with Crippen molar-refractivity contribution in [1.29, 1.82) is 0 Å². The molecule has 1 aromatic heterocycles. The Morgan fingerprint density at radius 2 is 1.80 bits per heavy atom. The molecule has 1 aromatic carbocycles. The van der Waals surface area contributed by atoms with Crippen LogP contribution in [0.3, 0.4) is 0 Å². The summed E-state index contributed by atoms with van der Waals surface area (Å²) in [6, 6.07) is 9.28. The fourth-order valence-electron chi connectivity index (χ4n) is 6.43. The second-order valence-corrected chi connectivity index (χ2v) is 13.7. The Kier molecular flexibility index (Phi) is 8.57. The van der Waals surface area contributed by atoms with Crippen LogP contribution in [0.4, 0.5) is 4.79 Å². The van der Waals surface area contributed by atoms with Gasteiger partial charge in [-0.05, 0) is 82.6 Å². The standard InChI is InChI=1S/C33H44N2O6/c1-20(2)13-22-14-24(15-22)30-29(23-11-12-23)27(34-41-30)17-25(18-28(36)40-33(3,4)5)31(37)35-26(19-39-32(35)38)16-21-9-7-6-8-10-21/h6-10,20,22-26H,11-19H2,1-5H3/t22?,24?,25-,26+/m1/s1. The summed E-state index contributed by atoms with van der Waals surface area (Å²) >= 11 is 0. The van der Waals surface area contributed by atoms with E-state index >= 15 is 0 Å². The molecule has 3 fully saturated rings. The normalized spacial score (nSPS) is 23.3. The molecule has 8 heteroatoms. The Morgan fingerprint density at radius 1 is 1.10 bits per heavy atom. The van der Waals surface area contributed by atoms with E-state index in [9.17, 15) is 14.4 Å². The number of cyclic esters (lactones) is 1. The zero-order valence-electron chi connectivity index (χ0n) is 25.1. The molecule has 2 atom stereocenters. The first-order valence-electron chi connectivity index (χ1n) is 15.2. The highest BCUT2D eigenvalue weighted by Crippen LogP contribution is 2.51. The van der Waals surface area contributed by atoms with Crippen LogP contribution in [0.1, 0.15) is 108 Å². The van der Waals surface area contributed by atoms with E-state index in [-0.39, 0.29) is 19.4 Å². The number of carbonyl (C=O) groups is 3. The predicted octanol–water partition coefficient (Wildman–Crippen LogP) is 6.57. The molecule has 2 saturated carbocycles. The van der Waals surface area contributed by atoms with Gasteiger partial charge in [0, 0.05) is 17.9 Å². The number of benzene rings is 1.